The molecule has 94 valence electrons. The van der Waals surface area contributed by atoms with Crippen molar-refractivity contribution in [2.45, 2.75) is 71.4 Å². The highest BCUT2D eigenvalue weighted by Crippen LogP contribution is 2.23. The normalized spacial score (nSPS) is 27.0. The van der Waals surface area contributed by atoms with E-state index in [-0.39, 0.29) is 12.1 Å². The molecular weight excluding hydrogens is 202 g/mol. The number of ether oxygens (including phenoxy) is 1. The van der Waals surface area contributed by atoms with Crippen molar-refractivity contribution in [1.82, 2.24) is 5.32 Å². The third-order valence-corrected chi connectivity index (χ3v) is 3.06. The van der Waals surface area contributed by atoms with Crippen LogP contribution in [0.5, 0.6) is 0 Å². The molecule has 2 atom stereocenters. The molecule has 0 bridgehead atoms. The summed E-state index contributed by atoms with van der Waals surface area (Å²) in [6, 6.07) is 0.289. The van der Waals surface area contributed by atoms with Crippen molar-refractivity contribution >= 4 is 6.09 Å². The summed E-state index contributed by atoms with van der Waals surface area (Å²) in [7, 11) is 0. The van der Waals surface area contributed by atoms with Crippen molar-refractivity contribution < 1.29 is 9.53 Å². The van der Waals surface area contributed by atoms with Crippen LogP contribution in [0.4, 0.5) is 4.79 Å². The van der Waals surface area contributed by atoms with Crippen LogP contribution >= 0.6 is 0 Å². The molecule has 1 N–H and O–H groups in total. The van der Waals surface area contributed by atoms with E-state index in [1.165, 1.54) is 25.7 Å². The van der Waals surface area contributed by atoms with E-state index in [0.29, 0.717) is 5.92 Å². The van der Waals surface area contributed by atoms with E-state index in [1.807, 2.05) is 20.8 Å². The third-order valence-electron chi connectivity index (χ3n) is 3.06. The first-order valence-corrected chi connectivity index (χ1v) is 6.38. The largest absolute Gasteiger partial charge is 0.444 e. The molecule has 0 aromatic rings. The second-order valence-electron chi connectivity index (χ2n) is 5.87. The molecule has 2 unspecified atom stereocenters. The maximum Gasteiger partial charge on any atom is 0.407 e. The summed E-state index contributed by atoms with van der Waals surface area (Å²) >= 11 is 0. The van der Waals surface area contributed by atoms with Crippen LogP contribution in [0, 0.1) is 5.92 Å². The van der Waals surface area contributed by atoms with E-state index in [1.54, 1.807) is 0 Å². The first-order valence-electron chi connectivity index (χ1n) is 6.38. The quantitative estimate of drug-likeness (QED) is 0.696. The molecule has 1 amide bonds. The van der Waals surface area contributed by atoms with Gasteiger partial charge in [-0.15, -0.1) is 0 Å². The van der Waals surface area contributed by atoms with Crippen LogP contribution in [0.15, 0.2) is 0 Å². The van der Waals surface area contributed by atoms with Gasteiger partial charge in [0.25, 0.3) is 0 Å². The predicted molar refractivity (Wildman–Crippen MR) is 65.4 cm³/mol. The minimum Gasteiger partial charge on any atom is -0.444 e. The number of rotatable bonds is 1. The van der Waals surface area contributed by atoms with Crippen LogP contribution < -0.4 is 5.32 Å². The Labute approximate surface area is 98.9 Å². The van der Waals surface area contributed by atoms with Crippen LogP contribution in [0.2, 0.25) is 0 Å². The van der Waals surface area contributed by atoms with Crippen LogP contribution in [0.3, 0.4) is 0 Å². The molecule has 0 aromatic heterocycles. The summed E-state index contributed by atoms with van der Waals surface area (Å²) in [5.74, 6) is 0.565. The maximum absolute atomic E-state index is 11.7. The first kappa shape index (κ1) is 13.3. The van der Waals surface area contributed by atoms with Crippen molar-refractivity contribution in [3.05, 3.63) is 0 Å². The van der Waals surface area contributed by atoms with Crippen LogP contribution in [-0.4, -0.2) is 17.7 Å². The van der Waals surface area contributed by atoms with Gasteiger partial charge in [0.15, 0.2) is 0 Å². The van der Waals surface area contributed by atoms with Gasteiger partial charge in [0.05, 0.1) is 0 Å². The second-order valence-corrected chi connectivity index (χ2v) is 5.87. The number of hydrogen-bond donors (Lipinski definition) is 1. The summed E-state index contributed by atoms with van der Waals surface area (Å²) < 4.78 is 5.28. The topological polar surface area (TPSA) is 38.3 Å². The summed E-state index contributed by atoms with van der Waals surface area (Å²) in [5, 5.41) is 3.00. The minimum absolute atomic E-state index is 0.272. The number of amides is 1. The van der Waals surface area contributed by atoms with Crippen molar-refractivity contribution in [2.75, 3.05) is 0 Å². The zero-order chi connectivity index (χ0) is 12.2. The van der Waals surface area contributed by atoms with Crippen molar-refractivity contribution in [2.24, 2.45) is 5.92 Å². The van der Waals surface area contributed by atoms with Gasteiger partial charge in [0.1, 0.15) is 5.60 Å². The van der Waals surface area contributed by atoms with E-state index in [0.717, 1.165) is 6.42 Å². The lowest BCUT2D eigenvalue weighted by Crippen LogP contribution is -2.41. The average molecular weight is 227 g/mol. The van der Waals surface area contributed by atoms with E-state index in [4.69, 9.17) is 4.74 Å². The van der Waals surface area contributed by atoms with Gasteiger partial charge < -0.3 is 10.1 Å². The monoisotopic (exact) mass is 227 g/mol. The van der Waals surface area contributed by atoms with Crippen molar-refractivity contribution in [1.29, 1.82) is 0 Å². The molecule has 3 heteroatoms. The fraction of sp³-hybridized carbons (Fsp3) is 0.923. The van der Waals surface area contributed by atoms with E-state index in [2.05, 4.69) is 12.2 Å². The molecule has 1 fully saturated rings. The second kappa shape index (κ2) is 5.55. The third kappa shape index (κ3) is 4.86. The Morgan fingerprint density at radius 1 is 1.19 bits per heavy atom. The number of carbonyl (C=O) groups excluding carboxylic acids is 1. The molecule has 3 nitrogen and oxygen atoms in total. The summed E-state index contributed by atoms with van der Waals surface area (Å²) in [5.41, 5.74) is -0.405. The Morgan fingerprint density at radius 3 is 2.44 bits per heavy atom. The molecular formula is C13H25NO2. The Bertz CT molecular complexity index is 233. The van der Waals surface area contributed by atoms with Gasteiger partial charge in [-0.1, -0.05) is 26.2 Å². The lowest BCUT2D eigenvalue weighted by molar-refractivity contribution is 0.0485. The molecule has 1 aliphatic rings. The van der Waals surface area contributed by atoms with Crippen molar-refractivity contribution in [3.63, 3.8) is 0 Å². The number of carbonyl (C=O) groups is 1. The standard InChI is InChI=1S/C13H25NO2/c1-10-8-6-5-7-9-11(10)14-12(15)16-13(2,3)4/h10-11H,5-9H2,1-4H3,(H,14,15). The van der Waals surface area contributed by atoms with Crippen LogP contribution in [0.1, 0.15) is 59.8 Å². The van der Waals surface area contributed by atoms with Gasteiger partial charge in [-0.05, 0) is 39.5 Å². The lowest BCUT2D eigenvalue weighted by Gasteiger charge is -2.26. The molecule has 0 saturated heterocycles. The highest BCUT2D eigenvalue weighted by Gasteiger charge is 2.24. The van der Waals surface area contributed by atoms with Crippen molar-refractivity contribution in [3.8, 4) is 0 Å². The maximum atomic E-state index is 11.7. The smallest absolute Gasteiger partial charge is 0.407 e. The highest BCUT2D eigenvalue weighted by atomic mass is 16.6. The predicted octanol–water partition coefficient (Wildman–Crippen LogP) is 3.48. The Hall–Kier alpha value is -0.730. The van der Waals surface area contributed by atoms with Gasteiger partial charge in [-0.2, -0.15) is 0 Å². The van der Waals surface area contributed by atoms with Gasteiger partial charge in [0.2, 0.25) is 0 Å². The molecule has 0 aliphatic heterocycles. The lowest BCUT2D eigenvalue weighted by atomic mass is 9.97. The Morgan fingerprint density at radius 2 is 1.81 bits per heavy atom. The molecule has 0 spiro atoms. The Balaban J connectivity index is 2.42. The molecule has 1 saturated carbocycles. The number of nitrogens with one attached hydrogen (secondary N) is 1. The summed E-state index contributed by atoms with van der Waals surface area (Å²) in [4.78, 5) is 11.7. The van der Waals surface area contributed by atoms with Gasteiger partial charge in [-0.3, -0.25) is 0 Å². The first-order chi connectivity index (χ1) is 7.38. The molecule has 1 rings (SSSR count). The van der Waals surface area contributed by atoms with E-state index >= 15 is 0 Å². The molecule has 16 heavy (non-hydrogen) atoms. The number of hydrogen-bond acceptors (Lipinski definition) is 2. The zero-order valence-corrected chi connectivity index (χ0v) is 11.0. The zero-order valence-electron chi connectivity index (χ0n) is 11.0. The molecule has 0 radical (unpaired) electrons. The van der Waals surface area contributed by atoms with E-state index < -0.39 is 5.60 Å². The summed E-state index contributed by atoms with van der Waals surface area (Å²) in [6.45, 7) is 7.89. The van der Waals surface area contributed by atoms with Crippen LogP contribution in [-0.2, 0) is 4.74 Å². The van der Waals surface area contributed by atoms with Gasteiger partial charge >= 0.3 is 6.09 Å². The SMILES string of the molecule is CC1CCCCCC1NC(=O)OC(C)(C)C. The molecule has 0 heterocycles. The van der Waals surface area contributed by atoms with E-state index in [9.17, 15) is 4.79 Å². The van der Waals surface area contributed by atoms with Gasteiger partial charge in [-0.25, -0.2) is 4.79 Å². The number of alkyl carbamates (subject to hydrolysis) is 1. The van der Waals surface area contributed by atoms with Crippen LogP contribution in [0.25, 0.3) is 0 Å². The minimum atomic E-state index is -0.405. The molecule has 0 aromatic carbocycles. The highest BCUT2D eigenvalue weighted by molar-refractivity contribution is 5.68. The van der Waals surface area contributed by atoms with Gasteiger partial charge in [0, 0.05) is 6.04 Å². The summed E-state index contributed by atoms with van der Waals surface area (Å²) in [6.07, 6.45) is 5.81. The average Bonchev–Trinajstić information content (AvgIpc) is 2.29. The molecule has 1 aliphatic carbocycles. The Kier molecular flexibility index (Phi) is 4.63. The fourth-order valence-corrected chi connectivity index (χ4v) is 2.17. The fourth-order valence-electron chi connectivity index (χ4n) is 2.17.